The van der Waals surface area contributed by atoms with Crippen molar-refractivity contribution in [3.63, 3.8) is 0 Å². The first-order valence-electron chi connectivity index (χ1n) is 23.5. The van der Waals surface area contributed by atoms with Crippen molar-refractivity contribution < 1.29 is 77.5 Å². The second-order valence-electron chi connectivity index (χ2n) is 17.1. The van der Waals surface area contributed by atoms with Gasteiger partial charge in [-0.3, -0.25) is 39.6 Å². The van der Waals surface area contributed by atoms with Gasteiger partial charge in [0.15, 0.2) is 23.0 Å². The molecule has 0 aromatic heterocycles. The summed E-state index contributed by atoms with van der Waals surface area (Å²) < 4.78 is 39.0. The van der Waals surface area contributed by atoms with Crippen LogP contribution in [0.2, 0.25) is 0 Å². The van der Waals surface area contributed by atoms with Gasteiger partial charge in [-0.05, 0) is 97.8 Å². The highest BCUT2D eigenvalue weighted by molar-refractivity contribution is 8.04. The number of fused-ring (bicyclic) bond motifs is 2. The van der Waals surface area contributed by atoms with E-state index in [0.29, 0.717) is 44.3 Å². The Kier molecular flexibility index (Phi) is 18.7. The van der Waals surface area contributed by atoms with Gasteiger partial charge in [0.2, 0.25) is 11.8 Å². The molecule has 3 N–H and O–H groups in total. The Hall–Kier alpha value is -8.32. The van der Waals surface area contributed by atoms with Crippen LogP contribution in [0, 0.1) is 32.1 Å². The lowest BCUT2D eigenvalue weighted by atomic mass is 9.92. The monoisotopic (exact) mass is 1100 g/mol. The number of hydrogen-bond donors (Lipinski definition) is 3. The number of amides is 2. The minimum atomic E-state index is -1.21. The molecule has 4 aliphatic rings. The number of aliphatic hydroxyl groups excluding tert-OH is 2. The molecule has 2 fully saturated rings. The summed E-state index contributed by atoms with van der Waals surface area (Å²) >= 11 is 2.54. The summed E-state index contributed by atoms with van der Waals surface area (Å²) in [6.45, 7) is 7.30. The number of carbonyl (C=O) groups excluding carboxylic acids is 3. The van der Waals surface area contributed by atoms with Crippen molar-refractivity contribution in [1.29, 1.82) is 0 Å². The smallest absolute Gasteiger partial charge is 0.356 e. The first kappa shape index (κ1) is 56.4. The Labute approximate surface area is 449 Å². The van der Waals surface area contributed by atoms with Crippen molar-refractivity contribution >= 4 is 58.7 Å². The molecule has 0 saturated carbocycles. The maximum absolute atomic E-state index is 12.7. The summed E-state index contributed by atoms with van der Waals surface area (Å²) in [5.74, 6) is -0.910. The molecular weight excluding hydrogens is 1040 g/mol. The van der Waals surface area contributed by atoms with Gasteiger partial charge >= 0.3 is 11.9 Å². The average Bonchev–Trinajstić information content (AvgIpc) is 4.15. The number of nitro groups is 2. The summed E-state index contributed by atoms with van der Waals surface area (Å²) in [5, 5.41) is 50.1. The number of non-ortho nitro benzene ring substituents is 2. The molecule has 22 nitrogen and oxygen atoms in total. The average molecular weight is 1100 g/mol. The zero-order valence-corrected chi connectivity index (χ0v) is 43.4. The number of carboxylic acids is 1. The maximum atomic E-state index is 12.7. The highest BCUT2D eigenvalue weighted by atomic mass is 32.2. The van der Waals surface area contributed by atoms with Crippen molar-refractivity contribution in [2.45, 2.75) is 50.0 Å². The van der Waals surface area contributed by atoms with Crippen LogP contribution >= 0.6 is 23.5 Å². The summed E-state index contributed by atoms with van der Waals surface area (Å²) in [6.07, 6.45) is 6.38. The van der Waals surface area contributed by atoms with Crippen LogP contribution in [-0.2, 0) is 37.1 Å². The third-order valence-corrected chi connectivity index (χ3v) is 14.6. The van der Waals surface area contributed by atoms with E-state index < -0.39 is 57.1 Å². The Morgan fingerprint density at radius 3 is 1.44 bits per heavy atom. The van der Waals surface area contributed by atoms with E-state index in [2.05, 4.69) is 6.58 Å². The Morgan fingerprint density at radius 2 is 1.06 bits per heavy atom. The molecule has 4 aliphatic heterocycles. The lowest BCUT2D eigenvalue weighted by Gasteiger charge is -2.43. The zero-order chi connectivity index (χ0) is 55.5. The third-order valence-electron chi connectivity index (χ3n) is 12.0. The standard InChI is InChI=1S/C28H28N2O9S.C25H24N2O9S/c1-4-13-38-28(33)25-23(40-27-24(17(2)31)26(32)29(25)27)6-5-14-37-21-12-7-18(15-22(21)36-3)16-39-20-10-8-19(9-11-20)30(34)35;1-14(28)21-23(29)26-22(25(30)31)20(37-24(21)26)4-3-11-35-18-10-5-15(12-19(18)34-2)13-36-17-8-6-16(7-9-17)27(32)33/h4-12,15,17,24,27,31H,1,13-14,16H2,2-3H3;3-10,12,14,21,24,28H,11,13H2,1-2H3,(H,30,31)/b6-5+;4-3+/t17-,24+,27-;14-,21+,24-/m11/s1. The molecule has 2 amide bonds. The van der Waals surface area contributed by atoms with Crippen molar-refractivity contribution in [1.82, 2.24) is 9.80 Å². The van der Waals surface area contributed by atoms with Crippen molar-refractivity contribution in [3.05, 3.63) is 174 Å². The van der Waals surface area contributed by atoms with Crippen LogP contribution < -0.4 is 28.4 Å². The molecule has 0 spiro atoms. The molecule has 6 atom stereocenters. The van der Waals surface area contributed by atoms with Gasteiger partial charge in [0.1, 0.15) is 66.7 Å². The molecule has 0 radical (unpaired) electrons. The van der Waals surface area contributed by atoms with Gasteiger partial charge in [0.05, 0.1) is 48.1 Å². The topological polar surface area (TPSA) is 286 Å². The van der Waals surface area contributed by atoms with Gasteiger partial charge in [0, 0.05) is 34.1 Å². The fourth-order valence-corrected chi connectivity index (χ4v) is 11.2. The second kappa shape index (κ2) is 25.5. The number of β-lactam (4-membered cyclic amide) rings is 2. The Morgan fingerprint density at radius 1 is 0.649 bits per heavy atom. The van der Waals surface area contributed by atoms with Gasteiger partial charge in [0.25, 0.3) is 11.4 Å². The predicted octanol–water partition coefficient (Wildman–Crippen LogP) is 7.30. The zero-order valence-electron chi connectivity index (χ0n) is 41.7. The molecule has 404 valence electrons. The van der Waals surface area contributed by atoms with E-state index in [4.69, 9.17) is 33.2 Å². The van der Waals surface area contributed by atoms with E-state index in [9.17, 15) is 54.7 Å². The molecule has 0 unspecified atom stereocenters. The van der Waals surface area contributed by atoms with Gasteiger partial charge in [-0.1, -0.05) is 48.3 Å². The van der Waals surface area contributed by atoms with E-state index in [0.717, 1.165) is 11.1 Å². The number of methoxy groups -OCH3 is 2. The molecule has 8 rings (SSSR count). The number of nitro benzene ring substituents is 2. The number of carbonyl (C=O) groups is 4. The number of thioether (sulfide) groups is 2. The minimum Gasteiger partial charge on any atom is -0.493 e. The molecule has 4 heterocycles. The molecule has 0 aliphatic carbocycles. The van der Waals surface area contributed by atoms with Crippen LogP contribution in [0.25, 0.3) is 0 Å². The number of aliphatic hydroxyl groups is 2. The molecule has 24 heteroatoms. The molecule has 0 bridgehead atoms. The van der Waals surface area contributed by atoms with Gasteiger partial charge < -0.3 is 48.5 Å². The van der Waals surface area contributed by atoms with Crippen LogP contribution in [0.5, 0.6) is 34.5 Å². The number of carboxylic acid groups (broad SMARTS) is 1. The van der Waals surface area contributed by atoms with Crippen molar-refractivity contribution in [3.8, 4) is 34.5 Å². The van der Waals surface area contributed by atoms with Gasteiger partial charge in [-0.2, -0.15) is 0 Å². The summed E-state index contributed by atoms with van der Waals surface area (Å²) in [4.78, 5) is 73.4. The number of esters is 1. The molecule has 2 saturated heterocycles. The summed E-state index contributed by atoms with van der Waals surface area (Å²) in [6, 6.07) is 22.2. The van der Waals surface area contributed by atoms with Crippen molar-refractivity contribution in [2.75, 3.05) is 34.0 Å². The predicted molar refractivity (Wildman–Crippen MR) is 280 cm³/mol. The number of allylic oxidation sites excluding steroid dienone is 2. The molecular formula is C53H52N4O18S2. The highest BCUT2D eigenvalue weighted by Gasteiger charge is 2.58. The van der Waals surface area contributed by atoms with Gasteiger partial charge in [-0.15, -0.1) is 0 Å². The fraction of sp³-hybridized carbons (Fsp3) is 0.283. The normalized spacial score (nSPS) is 19.0. The highest BCUT2D eigenvalue weighted by Crippen LogP contribution is 2.52. The van der Waals surface area contributed by atoms with E-state index in [-0.39, 0.29) is 67.1 Å². The number of nitrogens with zero attached hydrogens (tertiary/aromatic N) is 4. The number of hydrogen-bond acceptors (Lipinski definition) is 19. The fourth-order valence-electron chi connectivity index (χ4n) is 8.13. The number of rotatable bonds is 24. The first-order chi connectivity index (χ1) is 36.9. The van der Waals surface area contributed by atoms with Crippen LogP contribution in [0.1, 0.15) is 25.0 Å². The second-order valence-corrected chi connectivity index (χ2v) is 19.4. The van der Waals surface area contributed by atoms with Crippen LogP contribution in [0.15, 0.2) is 143 Å². The maximum Gasteiger partial charge on any atom is 0.356 e. The van der Waals surface area contributed by atoms with Gasteiger partial charge in [-0.25, -0.2) is 9.59 Å². The first-order valence-corrected chi connectivity index (χ1v) is 25.2. The lowest BCUT2D eigenvalue weighted by molar-refractivity contribution is -0.385. The number of benzene rings is 4. The summed E-state index contributed by atoms with van der Waals surface area (Å²) in [5.41, 5.74) is 1.61. The minimum absolute atomic E-state index is 0.00827. The number of aliphatic carboxylic acids is 1. The van der Waals surface area contributed by atoms with Crippen LogP contribution in [0.3, 0.4) is 0 Å². The molecule has 4 aromatic rings. The van der Waals surface area contributed by atoms with E-state index in [1.165, 1.54) is 109 Å². The number of ether oxygens (including phenoxy) is 7. The Balaban J connectivity index is 0.000000224. The van der Waals surface area contributed by atoms with E-state index in [1.54, 1.807) is 61.6 Å². The third kappa shape index (κ3) is 13.0. The quantitative estimate of drug-likeness (QED) is 0.0204. The lowest BCUT2D eigenvalue weighted by Crippen LogP contribution is -2.60. The Bertz CT molecular complexity index is 3030. The SMILES string of the molecule is C=CCOC(=O)C1=C(/C=C/COc2ccc(COc3ccc([N+](=O)[O-])cc3)cc2OC)S[C@@H]2[C@@H]([C@@H](C)O)C(=O)N12.COc1cc(COc2ccc([N+](=O)[O-])cc2)ccc1OC/C=C/C1=C(C(=O)O)N2C(=O)[C@H]([C@@H](C)O)[C@H]2S1. The van der Waals surface area contributed by atoms with Crippen LogP contribution in [-0.4, -0.2) is 116 Å². The summed E-state index contributed by atoms with van der Waals surface area (Å²) in [7, 11) is 3.01. The van der Waals surface area contributed by atoms with E-state index >= 15 is 0 Å². The van der Waals surface area contributed by atoms with E-state index in [1.807, 2.05) is 6.07 Å². The van der Waals surface area contributed by atoms with Crippen LogP contribution in [0.4, 0.5) is 11.4 Å². The van der Waals surface area contributed by atoms with Crippen molar-refractivity contribution in [2.24, 2.45) is 11.8 Å². The molecule has 77 heavy (non-hydrogen) atoms. The molecule has 4 aromatic carbocycles. The largest absolute Gasteiger partial charge is 0.493 e.